The molecule has 0 aromatic heterocycles. The fourth-order valence-corrected chi connectivity index (χ4v) is 3.74. The van der Waals surface area contributed by atoms with Crippen LogP contribution in [0.25, 0.3) is 0 Å². The van der Waals surface area contributed by atoms with E-state index in [-0.39, 0.29) is 0 Å². The van der Waals surface area contributed by atoms with Crippen LogP contribution in [-0.4, -0.2) is 48.1 Å². The van der Waals surface area contributed by atoms with E-state index < -0.39 is 0 Å². The molecule has 2 unspecified atom stereocenters. The molecule has 2 heterocycles. The molecule has 1 aromatic rings. The highest BCUT2D eigenvalue weighted by Crippen LogP contribution is 2.26. The summed E-state index contributed by atoms with van der Waals surface area (Å²) in [5, 5.41) is 0. The molecule has 0 saturated carbocycles. The average molecular weight is 258 g/mol. The van der Waals surface area contributed by atoms with Gasteiger partial charge < -0.3 is 0 Å². The summed E-state index contributed by atoms with van der Waals surface area (Å²) in [6.45, 7) is 9.84. The molecule has 0 bridgehead atoms. The molecular weight excluding hydrogens is 232 g/mol. The zero-order valence-corrected chi connectivity index (χ0v) is 12.3. The number of fused-ring (bicyclic) bond motifs is 1. The molecule has 2 aliphatic rings. The third kappa shape index (κ3) is 2.85. The summed E-state index contributed by atoms with van der Waals surface area (Å²) in [6.07, 6.45) is 2.81. The van der Waals surface area contributed by atoms with Gasteiger partial charge in [-0.3, -0.25) is 9.80 Å². The van der Waals surface area contributed by atoms with Crippen LogP contribution in [-0.2, 0) is 0 Å². The lowest BCUT2D eigenvalue weighted by atomic mass is 9.98. The van der Waals surface area contributed by atoms with Crippen LogP contribution in [0.2, 0.25) is 0 Å². The molecule has 2 fully saturated rings. The van der Waals surface area contributed by atoms with Crippen molar-refractivity contribution in [3.05, 3.63) is 35.9 Å². The minimum Gasteiger partial charge on any atom is -0.298 e. The van der Waals surface area contributed by atoms with E-state index in [2.05, 4.69) is 54.0 Å². The molecule has 104 valence electrons. The molecule has 0 aliphatic carbocycles. The van der Waals surface area contributed by atoms with Gasteiger partial charge in [-0.1, -0.05) is 37.3 Å². The molecule has 0 spiro atoms. The summed E-state index contributed by atoms with van der Waals surface area (Å²) in [6, 6.07) is 12.5. The van der Waals surface area contributed by atoms with Crippen molar-refractivity contribution in [3.8, 4) is 0 Å². The van der Waals surface area contributed by atoms with E-state index in [4.69, 9.17) is 0 Å². The number of hydrogen-bond acceptors (Lipinski definition) is 2. The van der Waals surface area contributed by atoms with Crippen LogP contribution in [0.5, 0.6) is 0 Å². The van der Waals surface area contributed by atoms with Gasteiger partial charge >= 0.3 is 0 Å². The molecule has 2 saturated heterocycles. The topological polar surface area (TPSA) is 6.48 Å². The molecule has 3 rings (SSSR count). The Balaban J connectivity index is 1.63. The predicted octanol–water partition coefficient (Wildman–Crippen LogP) is 2.96. The number of hydrogen-bond donors (Lipinski definition) is 0. The number of rotatable bonds is 3. The van der Waals surface area contributed by atoms with Crippen molar-refractivity contribution in [2.75, 3.05) is 26.2 Å². The Morgan fingerprint density at radius 3 is 2.79 bits per heavy atom. The second kappa shape index (κ2) is 5.64. The molecule has 0 radical (unpaired) electrons. The van der Waals surface area contributed by atoms with E-state index >= 15 is 0 Å². The lowest BCUT2D eigenvalue weighted by molar-refractivity contribution is 0.0561. The Morgan fingerprint density at radius 2 is 2.00 bits per heavy atom. The van der Waals surface area contributed by atoms with Crippen LogP contribution in [0.4, 0.5) is 0 Å². The fraction of sp³-hybridized carbons (Fsp3) is 0.647. The largest absolute Gasteiger partial charge is 0.298 e. The Labute approximate surface area is 117 Å². The van der Waals surface area contributed by atoms with Gasteiger partial charge in [0.05, 0.1) is 0 Å². The zero-order chi connectivity index (χ0) is 13.2. The SMILES string of the molecule is CC(CN1CC2CCCN2C[C@@H]1C)c1ccccc1. The van der Waals surface area contributed by atoms with Gasteiger partial charge in [-0.2, -0.15) is 0 Å². The number of benzene rings is 1. The van der Waals surface area contributed by atoms with E-state index in [1.54, 1.807) is 0 Å². The van der Waals surface area contributed by atoms with Crippen molar-refractivity contribution in [1.29, 1.82) is 0 Å². The highest BCUT2D eigenvalue weighted by Gasteiger charge is 2.34. The van der Waals surface area contributed by atoms with Crippen molar-refractivity contribution in [1.82, 2.24) is 9.80 Å². The fourth-order valence-electron chi connectivity index (χ4n) is 3.74. The first kappa shape index (κ1) is 13.1. The summed E-state index contributed by atoms with van der Waals surface area (Å²) in [4.78, 5) is 5.42. The van der Waals surface area contributed by atoms with E-state index in [0.29, 0.717) is 12.0 Å². The molecule has 2 heteroatoms. The van der Waals surface area contributed by atoms with Crippen LogP contribution in [0.15, 0.2) is 30.3 Å². The van der Waals surface area contributed by atoms with Crippen molar-refractivity contribution < 1.29 is 0 Å². The summed E-state index contributed by atoms with van der Waals surface area (Å²) < 4.78 is 0. The molecule has 3 atom stereocenters. The highest BCUT2D eigenvalue weighted by atomic mass is 15.3. The standard InChI is InChI=1S/C17H26N2/c1-14(16-7-4-3-5-8-16)11-19-13-17-9-6-10-18(17)12-15(19)2/h3-5,7-8,14-15,17H,6,9-13H2,1-2H3/t14?,15-,17?/m0/s1. The van der Waals surface area contributed by atoms with Crippen LogP contribution < -0.4 is 0 Å². The van der Waals surface area contributed by atoms with Crippen LogP contribution in [0.1, 0.15) is 38.2 Å². The molecule has 2 nitrogen and oxygen atoms in total. The van der Waals surface area contributed by atoms with Gasteiger partial charge in [-0.25, -0.2) is 0 Å². The molecule has 0 amide bonds. The Kier molecular flexibility index (Phi) is 3.90. The maximum Gasteiger partial charge on any atom is 0.0224 e. The van der Waals surface area contributed by atoms with E-state index in [1.165, 1.54) is 44.6 Å². The summed E-state index contributed by atoms with van der Waals surface area (Å²) in [7, 11) is 0. The molecule has 0 N–H and O–H groups in total. The summed E-state index contributed by atoms with van der Waals surface area (Å²) in [5.41, 5.74) is 1.48. The predicted molar refractivity (Wildman–Crippen MR) is 80.5 cm³/mol. The van der Waals surface area contributed by atoms with Crippen LogP contribution in [0, 0.1) is 0 Å². The maximum absolute atomic E-state index is 2.71. The number of piperazine rings is 1. The molecule has 1 aromatic carbocycles. The van der Waals surface area contributed by atoms with Gasteiger partial charge in [0.15, 0.2) is 0 Å². The van der Waals surface area contributed by atoms with Gasteiger partial charge in [-0.05, 0) is 37.8 Å². The average Bonchev–Trinajstić information content (AvgIpc) is 2.87. The van der Waals surface area contributed by atoms with E-state index in [9.17, 15) is 0 Å². The second-order valence-corrected chi connectivity index (χ2v) is 6.41. The highest BCUT2D eigenvalue weighted by molar-refractivity contribution is 5.19. The Hall–Kier alpha value is -0.860. The van der Waals surface area contributed by atoms with Crippen molar-refractivity contribution in [3.63, 3.8) is 0 Å². The lowest BCUT2D eigenvalue weighted by Crippen LogP contribution is -2.55. The Bertz CT molecular complexity index is 403. The molecule has 19 heavy (non-hydrogen) atoms. The minimum absolute atomic E-state index is 0.636. The summed E-state index contributed by atoms with van der Waals surface area (Å²) >= 11 is 0. The first-order valence-electron chi connectivity index (χ1n) is 7.77. The van der Waals surface area contributed by atoms with Gasteiger partial charge in [0.1, 0.15) is 0 Å². The van der Waals surface area contributed by atoms with Gasteiger partial charge in [0, 0.05) is 31.7 Å². The monoisotopic (exact) mass is 258 g/mol. The first-order valence-corrected chi connectivity index (χ1v) is 7.77. The third-order valence-corrected chi connectivity index (χ3v) is 4.94. The smallest absolute Gasteiger partial charge is 0.0224 e. The third-order valence-electron chi connectivity index (χ3n) is 4.94. The van der Waals surface area contributed by atoms with Crippen molar-refractivity contribution in [2.24, 2.45) is 0 Å². The Morgan fingerprint density at radius 1 is 1.21 bits per heavy atom. The minimum atomic E-state index is 0.636. The quantitative estimate of drug-likeness (QED) is 0.822. The van der Waals surface area contributed by atoms with Crippen LogP contribution in [0.3, 0.4) is 0 Å². The molecular formula is C17H26N2. The molecule has 2 aliphatic heterocycles. The van der Waals surface area contributed by atoms with Crippen LogP contribution >= 0.6 is 0 Å². The van der Waals surface area contributed by atoms with Crippen molar-refractivity contribution >= 4 is 0 Å². The summed E-state index contributed by atoms with van der Waals surface area (Å²) in [5.74, 6) is 0.636. The second-order valence-electron chi connectivity index (χ2n) is 6.41. The maximum atomic E-state index is 2.71. The number of nitrogens with zero attached hydrogens (tertiary/aromatic N) is 2. The van der Waals surface area contributed by atoms with Gasteiger partial charge in [0.25, 0.3) is 0 Å². The van der Waals surface area contributed by atoms with Crippen molar-refractivity contribution in [2.45, 2.75) is 44.7 Å². The first-order chi connectivity index (χ1) is 9.24. The zero-order valence-electron chi connectivity index (χ0n) is 12.3. The van der Waals surface area contributed by atoms with Gasteiger partial charge in [-0.15, -0.1) is 0 Å². The van der Waals surface area contributed by atoms with E-state index in [0.717, 1.165) is 6.04 Å². The van der Waals surface area contributed by atoms with E-state index in [1.807, 2.05) is 0 Å². The lowest BCUT2D eigenvalue weighted by Gasteiger charge is -2.43. The van der Waals surface area contributed by atoms with Gasteiger partial charge in [0.2, 0.25) is 0 Å². The normalized spacial score (nSPS) is 30.2.